The fourth-order valence-electron chi connectivity index (χ4n) is 1.37. The van der Waals surface area contributed by atoms with E-state index in [2.05, 4.69) is 5.32 Å². The van der Waals surface area contributed by atoms with Crippen LogP contribution in [-0.2, 0) is 9.84 Å². The Morgan fingerprint density at radius 3 is 2.18 bits per heavy atom. The number of nitrogens with one attached hydrogen (secondary N) is 1. The molecular weight excluding hydrogens is 238 g/mol. The molecule has 0 heterocycles. The van der Waals surface area contributed by atoms with Crippen molar-refractivity contribution < 1.29 is 13.5 Å². The van der Waals surface area contributed by atoms with Gasteiger partial charge in [0.2, 0.25) is 0 Å². The maximum atomic E-state index is 11.3. The molecule has 5 heteroatoms. The molecule has 0 spiro atoms. The van der Waals surface area contributed by atoms with E-state index in [-0.39, 0.29) is 12.1 Å². The van der Waals surface area contributed by atoms with E-state index in [0.29, 0.717) is 4.90 Å². The van der Waals surface area contributed by atoms with E-state index in [9.17, 15) is 13.5 Å². The van der Waals surface area contributed by atoms with Gasteiger partial charge in [0, 0.05) is 11.9 Å². The summed E-state index contributed by atoms with van der Waals surface area (Å²) in [6, 6.07) is 6.54. The van der Waals surface area contributed by atoms with Crippen LogP contribution in [0.4, 0.5) is 5.69 Å². The number of aliphatic hydroxyl groups is 1. The maximum Gasteiger partial charge on any atom is 0.175 e. The van der Waals surface area contributed by atoms with Crippen molar-refractivity contribution in [3.63, 3.8) is 0 Å². The van der Waals surface area contributed by atoms with Crippen molar-refractivity contribution in [2.24, 2.45) is 0 Å². The van der Waals surface area contributed by atoms with Gasteiger partial charge in [-0.2, -0.15) is 0 Å². The second-order valence-electron chi connectivity index (χ2n) is 4.49. The van der Waals surface area contributed by atoms with Crippen LogP contribution < -0.4 is 5.32 Å². The van der Waals surface area contributed by atoms with E-state index in [0.717, 1.165) is 12.1 Å². The molecular formula is C12H19NO3S. The van der Waals surface area contributed by atoms with Gasteiger partial charge in [-0.25, -0.2) is 8.42 Å². The van der Waals surface area contributed by atoms with E-state index in [4.69, 9.17) is 0 Å². The fraction of sp³-hybridized carbons (Fsp3) is 0.500. The molecule has 0 aromatic heterocycles. The standard InChI is InChI=1S/C12H19NO3S/c1-4-12(2,9-14)13-10-5-7-11(8-6-10)17(3,15)16/h5-8,13-14H,4,9H2,1-3H3. The lowest BCUT2D eigenvalue weighted by Gasteiger charge is -2.28. The summed E-state index contributed by atoms with van der Waals surface area (Å²) in [5.41, 5.74) is 0.419. The van der Waals surface area contributed by atoms with Crippen LogP contribution in [0.15, 0.2) is 29.2 Å². The summed E-state index contributed by atoms with van der Waals surface area (Å²) in [5.74, 6) is 0. The molecule has 1 aromatic rings. The highest BCUT2D eigenvalue weighted by molar-refractivity contribution is 7.90. The van der Waals surface area contributed by atoms with E-state index in [1.54, 1.807) is 24.3 Å². The van der Waals surface area contributed by atoms with Crippen LogP contribution in [0.1, 0.15) is 20.3 Å². The smallest absolute Gasteiger partial charge is 0.175 e. The van der Waals surface area contributed by atoms with E-state index in [1.165, 1.54) is 6.26 Å². The SMILES string of the molecule is CCC(C)(CO)Nc1ccc(S(C)(=O)=O)cc1. The summed E-state index contributed by atoms with van der Waals surface area (Å²) >= 11 is 0. The Bertz CT molecular complexity index is 461. The number of sulfone groups is 1. The Labute approximate surface area is 103 Å². The maximum absolute atomic E-state index is 11.3. The monoisotopic (exact) mass is 257 g/mol. The molecule has 0 aliphatic heterocycles. The zero-order valence-electron chi connectivity index (χ0n) is 10.4. The summed E-state index contributed by atoms with van der Waals surface area (Å²) in [7, 11) is -3.15. The van der Waals surface area contributed by atoms with Crippen LogP contribution in [0.25, 0.3) is 0 Å². The third-order valence-electron chi connectivity index (χ3n) is 2.86. The van der Waals surface area contributed by atoms with Gasteiger partial charge in [-0.1, -0.05) is 6.92 Å². The van der Waals surface area contributed by atoms with Gasteiger partial charge in [-0.15, -0.1) is 0 Å². The van der Waals surface area contributed by atoms with Gasteiger partial charge in [0.1, 0.15) is 0 Å². The molecule has 1 aromatic carbocycles. The molecule has 0 saturated carbocycles. The van der Waals surface area contributed by atoms with E-state index < -0.39 is 9.84 Å². The number of aliphatic hydroxyl groups excluding tert-OH is 1. The number of hydrogen-bond donors (Lipinski definition) is 2. The third-order valence-corrected chi connectivity index (χ3v) is 3.99. The highest BCUT2D eigenvalue weighted by atomic mass is 32.2. The first-order chi connectivity index (χ1) is 7.80. The lowest BCUT2D eigenvalue weighted by Crippen LogP contribution is -2.37. The highest BCUT2D eigenvalue weighted by Gasteiger charge is 2.20. The van der Waals surface area contributed by atoms with Crippen LogP contribution in [0.3, 0.4) is 0 Å². The second-order valence-corrected chi connectivity index (χ2v) is 6.51. The molecule has 1 rings (SSSR count). The van der Waals surface area contributed by atoms with Crippen molar-refractivity contribution in [3.8, 4) is 0 Å². The summed E-state index contributed by atoms with van der Waals surface area (Å²) in [4.78, 5) is 0.297. The molecule has 0 radical (unpaired) electrons. The summed E-state index contributed by atoms with van der Waals surface area (Å²) < 4.78 is 22.6. The van der Waals surface area contributed by atoms with Gasteiger partial charge in [-0.05, 0) is 37.6 Å². The van der Waals surface area contributed by atoms with Gasteiger partial charge < -0.3 is 10.4 Å². The lowest BCUT2D eigenvalue weighted by atomic mass is 10.00. The largest absolute Gasteiger partial charge is 0.394 e. The van der Waals surface area contributed by atoms with Crippen molar-refractivity contribution in [2.45, 2.75) is 30.7 Å². The van der Waals surface area contributed by atoms with E-state index in [1.807, 2.05) is 13.8 Å². The first kappa shape index (κ1) is 14.0. The summed E-state index contributed by atoms with van der Waals surface area (Å²) in [5, 5.41) is 12.5. The van der Waals surface area contributed by atoms with Crippen LogP contribution in [0.2, 0.25) is 0 Å². The molecule has 2 N–H and O–H groups in total. The number of anilines is 1. The molecule has 1 unspecified atom stereocenters. The average Bonchev–Trinajstić information content (AvgIpc) is 2.28. The van der Waals surface area contributed by atoms with Crippen molar-refractivity contribution >= 4 is 15.5 Å². The fourth-order valence-corrected chi connectivity index (χ4v) is 2.00. The van der Waals surface area contributed by atoms with Gasteiger partial charge in [0.15, 0.2) is 9.84 Å². The highest BCUT2D eigenvalue weighted by Crippen LogP contribution is 2.20. The average molecular weight is 257 g/mol. The van der Waals surface area contributed by atoms with Gasteiger partial charge in [0.05, 0.1) is 17.0 Å². The normalized spacial score (nSPS) is 15.3. The zero-order chi connectivity index (χ0) is 13.1. The Hall–Kier alpha value is -1.07. The molecule has 17 heavy (non-hydrogen) atoms. The van der Waals surface area contributed by atoms with Crippen molar-refractivity contribution in [1.82, 2.24) is 0 Å². The first-order valence-electron chi connectivity index (χ1n) is 5.50. The minimum atomic E-state index is -3.15. The molecule has 0 bridgehead atoms. The molecule has 96 valence electrons. The minimum absolute atomic E-state index is 0.0251. The molecule has 4 nitrogen and oxygen atoms in total. The van der Waals surface area contributed by atoms with Crippen LogP contribution in [-0.4, -0.2) is 31.9 Å². The molecule has 0 aliphatic rings. The summed E-state index contributed by atoms with van der Waals surface area (Å²) in [6.07, 6.45) is 1.96. The van der Waals surface area contributed by atoms with Crippen LogP contribution in [0, 0.1) is 0 Å². The predicted octanol–water partition coefficient (Wildman–Crippen LogP) is 1.66. The topological polar surface area (TPSA) is 66.4 Å². The molecule has 0 aliphatic carbocycles. The number of hydrogen-bond acceptors (Lipinski definition) is 4. The molecule has 0 fully saturated rings. The molecule has 0 amide bonds. The van der Waals surface area contributed by atoms with Gasteiger partial charge in [-0.3, -0.25) is 0 Å². The predicted molar refractivity (Wildman–Crippen MR) is 69.0 cm³/mol. The lowest BCUT2D eigenvalue weighted by molar-refractivity contribution is 0.219. The molecule has 1 atom stereocenters. The van der Waals surface area contributed by atoms with Crippen molar-refractivity contribution in [2.75, 3.05) is 18.2 Å². The Kier molecular flexibility index (Phi) is 4.16. The minimum Gasteiger partial charge on any atom is -0.394 e. The Morgan fingerprint density at radius 2 is 1.82 bits per heavy atom. The van der Waals surface area contributed by atoms with Crippen molar-refractivity contribution in [1.29, 1.82) is 0 Å². The quantitative estimate of drug-likeness (QED) is 0.842. The zero-order valence-corrected chi connectivity index (χ0v) is 11.2. The Morgan fingerprint density at radius 1 is 1.29 bits per heavy atom. The number of rotatable bonds is 5. The number of benzene rings is 1. The molecule has 0 saturated heterocycles. The first-order valence-corrected chi connectivity index (χ1v) is 7.39. The van der Waals surface area contributed by atoms with Gasteiger partial charge in [0.25, 0.3) is 0 Å². The van der Waals surface area contributed by atoms with Crippen LogP contribution >= 0.6 is 0 Å². The van der Waals surface area contributed by atoms with Crippen molar-refractivity contribution in [3.05, 3.63) is 24.3 Å². The second kappa shape index (κ2) is 5.06. The Balaban J connectivity index is 2.89. The van der Waals surface area contributed by atoms with E-state index >= 15 is 0 Å². The van der Waals surface area contributed by atoms with Crippen LogP contribution in [0.5, 0.6) is 0 Å². The van der Waals surface area contributed by atoms with Gasteiger partial charge >= 0.3 is 0 Å². The summed E-state index contributed by atoms with van der Waals surface area (Å²) in [6.45, 7) is 3.92. The third kappa shape index (κ3) is 3.71.